The molecule has 4 N–H and O–H groups in total. The van der Waals surface area contributed by atoms with Gasteiger partial charge in [-0.15, -0.1) is 0 Å². The Balaban J connectivity index is 1.72. The monoisotopic (exact) mass is 541 g/mol. The summed E-state index contributed by atoms with van der Waals surface area (Å²) >= 11 is 0. The number of amides is 1. The lowest BCUT2D eigenvalue weighted by molar-refractivity contribution is -0.137. The minimum atomic E-state index is -4.66. The van der Waals surface area contributed by atoms with Crippen molar-refractivity contribution >= 4 is 28.8 Å². The Bertz CT molecular complexity index is 1320. The number of hydrogen-bond acceptors (Lipinski definition) is 6. The molecule has 0 radical (unpaired) electrons. The molecule has 0 aliphatic carbocycles. The van der Waals surface area contributed by atoms with Crippen molar-refractivity contribution in [3.63, 3.8) is 0 Å². The quantitative estimate of drug-likeness (QED) is 0.260. The zero-order valence-electron chi connectivity index (χ0n) is 22.5. The topological polar surface area (TPSA) is 87.3 Å². The zero-order valence-corrected chi connectivity index (χ0v) is 22.5. The first-order chi connectivity index (χ1) is 18.6. The predicted octanol–water partition coefficient (Wildman–Crippen LogP) is 6.51. The Morgan fingerprint density at radius 1 is 1.05 bits per heavy atom. The molecule has 7 nitrogen and oxygen atoms in total. The van der Waals surface area contributed by atoms with Gasteiger partial charge >= 0.3 is 6.18 Å². The molecule has 0 unspecified atom stereocenters. The second-order valence-electron chi connectivity index (χ2n) is 9.88. The van der Waals surface area contributed by atoms with Crippen LogP contribution in [0.3, 0.4) is 0 Å². The van der Waals surface area contributed by atoms with E-state index in [1.165, 1.54) is 24.7 Å². The number of aromatic nitrogens is 1. The van der Waals surface area contributed by atoms with Gasteiger partial charge in [-0.1, -0.05) is 12.1 Å². The third-order valence-electron chi connectivity index (χ3n) is 6.65. The molecular weight excluding hydrogens is 507 g/mol. The van der Waals surface area contributed by atoms with Crippen molar-refractivity contribution in [2.75, 3.05) is 30.8 Å². The molecule has 0 atom stereocenters. The largest absolute Gasteiger partial charge is 0.489 e. The minimum absolute atomic E-state index is 0.104. The van der Waals surface area contributed by atoms with Gasteiger partial charge in [-0.3, -0.25) is 4.79 Å². The van der Waals surface area contributed by atoms with Crippen LogP contribution in [0.5, 0.6) is 5.75 Å². The first-order valence-electron chi connectivity index (χ1n) is 13.0. The molecule has 39 heavy (non-hydrogen) atoms. The van der Waals surface area contributed by atoms with Gasteiger partial charge in [-0.25, -0.2) is 4.98 Å². The van der Waals surface area contributed by atoms with Crippen LogP contribution in [0.1, 0.15) is 59.7 Å². The van der Waals surface area contributed by atoms with Gasteiger partial charge in [0.25, 0.3) is 5.91 Å². The van der Waals surface area contributed by atoms with Crippen LogP contribution in [0, 0.1) is 6.92 Å². The first kappa shape index (κ1) is 28.2. The molecule has 1 aliphatic rings. The van der Waals surface area contributed by atoms with Crippen LogP contribution in [0.25, 0.3) is 0 Å². The van der Waals surface area contributed by atoms with Gasteiger partial charge in [0.2, 0.25) is 0 Å². The van der Waals surface area contributed by atoms with E-state index < -0.39 is 17.6 Å². The smallest absolute Gasteiger partial charge is 0.419 e. The maximum Gasteiger partial charge on any atom is 0.419 e. The number of piperidine rings is 1. The van der Waals surface area contributed by atoms with E-state index in [0.29, 0.717) is 17.4 Å². The number of carbonyl (C=O) groups excluding carboxylic acids is 1. The lowest BCUT2D eigenvalue weighted by Gasteiger charge is -2.26. The van der Waals surface area contributed by atoms with Crippen LogP contribution >= 0.6 is 0 Å². The van der Waals surface area contributed by atoms with E-state index in [0.717, 1.165) is 37.7 Å². The van der Waals surface area contributed by atoms with Crippen LogP contribution in [-0.2, 0) is 6.18 Å². The highest BCUT2D eigenvalue weighted by Gasteiger charge is 2.34. The van der Waals surface area contributed by atoms with E-state index in [4.69, 9.17) is 4.74 Å². The van der Waals surface area contributed by atoms with Crippen molar-refractivity contribution in [3.05, 3.63) is 70.9 Å². The second kappa shape index (κ2) is 11.9. The molecule has 0 spiro atoms. The van der Waals surface area contributed by atoms with Crippen molar-refractivity contribution in [2.24, 2.45) is 0 Å². The molecule has 1 amide bonds. The molecule has 4 rings (SSSR count). The van der Waals surface area contributed by atoms with Crippen LogP contribution in [0.2, 0.25) is 0 Å². The lowest BCUT2D eigenvalue weighted by Crippen LogP contribution is -2.27. The number of halogens is 3. The molecule has 1 aliphatic heterocycles. The van der Waals surface area contributed by atoms with Crippen molar-refractivity contribution in [2.45, 2.75) is 51.8 Å². The number of anilines is 4. The Morgan fingerprint density at radius 3 is 2.44 bits per heavy atom. The van der Waals surface area contributed by atoms with Gasteiger partial charge in [0.15, 0.2) is 0 Å². The molecule has 0 bridgehead atoms. The highest BCUT2D eigenvalue weighted by atomic mass is 19.4. The number of nitrogens with zero attached hydrogens (tertiary/aromatic N) is 1. The number of ether oxygens (including phenoxy) is 1. The fourth-order valence-electron chi connectivity index (χ4n) is 4.79. The predicted molar refractivity (Wildman–Crippen MR) is 147 cm³/mol. The molecule has 1 fully saturated rings. The summed E-state index contributed by atoms with van der Waals surface area (Å²) in [5.74, 6) is 0.810. The SMILES string of the molecule is CNC(=O)c1ccccc1Nc1cc(Nc2cc(C)c(C3CCNCC3)cc2OC(C)C)ncc1C(F)(F)F. The highest BCUT2D eigenvalue weighted by Crippen LogP contribution is 2.40. The molecule has 1 saturated heterocycles. The van der Waals surface area contributed by atoms with E-state index in [1.54, 1.807) is 18.2 Å². The average Bonchev–Trinajstić information content (AvgIpc) is 2.89. The van der Waals surface area contributed by atoms with Crippen molar-refractivity contribution in [3.8, 4) is 5.75 Å². The van der Waals surface area contributed by atoms with Crippen LogP contribution in [-0.4, -0.2) is 37.1 Å². The van der Waals surface area contributed by atoms with Crippen molar-refractivity contribution in [1.82, 2.24) is 15.6 Å². The van der Waals surface area contributed by atoms with E-state index in [-0.39, 0.29) is 28.9 Å². The fourth-order valence-corrected chi connectivity index (χ4v) is 4.79. The second-order valence-corrected chi connectivity index (χ2v) is 9.88. The standard InChI is InChI=1S/C29H34F3N5O2/c1-17(2)39-26-14-21(19-9-11-34-12-10-19)18(3)13-25(26)37-27-15-24(22(16-35-27)29(30,31)32)36-23-8-6-5-7-20(23)28(38)33-4/h5-8,13-17,19,34H,9-12H2,1-4H3,(H,33,38)(H2,35,36,37). The van der Waals surface area contributed by atoms with Crippen LogP contribution in [0.4, 0.5) is 36.1 Å². The van der Waals surface area contributed by atoms with Gasteiger partial charge in [0.1, 0.15) is 11.6 Å². The zero-order chi connectivity index (χ0) is 28.2. The maximum absolute atomic E-state index is 13.9. The number of nitrogens with one attached hydrogen (secondary N) is 4. The van der Waals surface area contributed by atoms with Gasteiger partial charge in [0, 0.05) is 19.3 Å². The third kappa shape index (κ3) is 6.81. The minimum Gasteiger partial charge on any atom is -0.489 e. The third-order valence-corrected chi connectivity index (χ3v) is 6.65. The van der Waals surface area contributed by atoms with Crippen molar-refractivity contribution < 1.29 is 22.7 Å². The van der Waals surface area contributed by atoms with Crippen LogP contribution < -0.4 is 26.0 Å². The average molecular weight is 542 g/mol. The number of para-hydroxylation sites is 1. The van der Waals surface area contributed by atoms with E-state index in [2.05, 4.69) is 26.3 Å². The summed E-state index contributed by atoms with van der Waals surface area (Å²) in [7, 11) is 1.46. The van der Waals surface area contributed by atoms with E-state index >= 15 is 0 Å². The Morgan fingerprint density at radius 2 is 1.77 bits per heavy atom. The number of carbonyl (C=O) groups is 1. The molecule has 1 aromatic heterocycles. The Hall–Kier alpha value is -3.79. The summed E-state index contributed by atoms with van der Waals surface area (Å²) in [6, 6.07) is 11.7. The Kier molecular flexibility index (Phi) is 8.64. The van der Waals surface area contributed by atoms with Gasteiger partial charge in [0.05, 0.1) is 34.3 Å². The maximum atomic E-state index is 13.9. The number of hydrogen-bond donors (Lipinski definition) is 4. The van der Waals surface area contributed by atoms with Gasteiger partial charge < -0.3 is 26.0 Å². The molecule has 10 heteroatoms. The fraction of sp³-hybridized carbons (Fsp3) is 0.379. The molecule has 2 heterocycles. The highest BCUT2D eigenvalue weighted by molar-refractivity contribution is 6.00. The first-order valence-corrected chi connectivity index (χ1v) is 13.0. The number of aryl methyl sites for hydroxylation is 1. The van der Waals surface area contributed by atoms with Gasteiger partial charge in [-0.2, -0.15) is 13.2 Å². The normalized spacial score (nSPS) is 14.3. The van der Waals surface area contributed by atoms with E-state index in [1.807, 2.05) is 32.9 Å². The summed E-state index contributed by atoms with van der Waals surface area (Å²) in [6.45, 7) is 7.80. The van der Waals surface area contributed by atoms with Crippen LogP contribution in [0.15, 0.2) is 48.7 Å². The number of benzene rings is 2. The van der Waals surface area contributed by atoms with Gasteiger partial charge in [-0.05, 0) is 88.0 Å². The summed E-state index contributed by atoms with van der Waals surface area (Å²) in [4.78, 5) is 16.4. The number of pyridine rings is 1. The Labute approximate surface area is 226 Å². The number of alkyl halides is 3. The van der Waals surface area contributed by atoms with Crippen molar-refractivity contribution in [1.29, 1.82) is 0 Å². The molecule has 208 valence electrons. The number of rotatable bonds is 8. The summed E-state index contributed by atoms with van der Waals surface area (Å²) < 4.78 is 47.9. The lowest BCUT2D eigenvalue weighted by atomic mass is 9.87. The van der Waals surface area contributed by atoms with E-state index in [9.17, 15) is 18.0 Å². The molecular formula is C29H34F3N5O2. The summed E-state index contributed by atoms with van der Waals surface area (Å²) in [5, 5.41) is 11.9. The molecule has 2 aromatic carbocycles. The summed E-state index contributed by atoms with van der Waals surface area (Å²) in [6.07, 6.45) is -1.92. The molecule has 3 aromatic rings. The molecule has 0 saturated carbocycles. The summed E-state index contributed by atoms with van der Waals surface area (Å²) in [5.41, 5.74) is 2.18.